The lowest BCUT2D eigenvalue weighted by molar-refractivity contribution is 0.865. The van der Waals surface area contributed by atoms with Crippen molar-refractivity contribution in [1.82, 2.24) is 19.7 Å². The minimum atomic E-state index is 0.664. The van der Waals surface area contributed by atoms with E-state index in [-0.39, 0.29) is 0 Å². The number of hydrogen-bond acceptors (Lipinski definition) is 4. The van der Waals surface area contributed by atoms with E-state index in [1.807, 2.05) is 35.1 Å². The van der Waals surface area contributed by atoms with E-state index in [0.717, 1.165) is 47.9 Å². The van der Waals surface area contributed by atoms with Gasteiger partial charge in [0.25, 0.3) is 0 Å². The first kappa shape index (κ1) is 14.5. The maximum Gasteiger partial charge on any atom is 0.168 e. The maximum absolute atomic E-state index is 6.34. The van der Waals surface area contributed by atoms with Crippen molar-refractivity contribution < 1.29 is 0 Å². The maximum atomic E-state index is 6.34. The zero-order valence-corrected chi connectivity index (χ0v) is 13.8. The molecule has 6 heteroatoms. The third kappa shape index (κ3) is 2.45. The molecule has 0 saturated carbocycles. The first-order valence-corrected chi connectivity index (χ1v) is 8.40. The summed E-state index contributed by atoms with van der Waals surface area (Å²) in [5.41, 5.74) is 1.67. The van der Waals surface area contributed by atoms with Crippen LogP contribution in [0.15, 0.2) is 30.5 Å². The zero-order valence-electron chi connectivity index (χ0n) is 13.0. The molecule has 1 aliphatic rings. The highest BCUT2D eigenvalue weighted by molar-refractivity contribution is 6.32. The van der Waals surface area contributed by atoms with Crippen molar-refractivity contribution in [1.29, 1.82) is 0 Å². The van der Waals surface area contributed by atoms with Crippen LogP contribution in [0.2, 0.25) is 5.02 Å². The number of fused-ring (bicyclic) bond motifs is 1. The van der Waals surface area contributed by atoms with Crippen LogP contribution in [0.25, 0.3) is 16.7 Å². The van der Waals surface area contributed by atoms with Gasteiger partial charge in [-0.2, -0.15) is 5.10 Å². The number of para-hydroxylation sites is 1. The Morgan fingerprint density at radius 1 is 1.13 bits per heavy atom. The predicted octanol–water partition coefficient (Wildman–Crippen LogP) is 3.63. The van der Waals surface area contributed by atoms with Crippen LogP contribution in [0.5, 0.6) is 0 Å². The highest BCUT2D eigenvalue weighted by atomic mass is 35.5. The van der Waals surface area contributed by atoms with E-state index < -0.39 is 0 Å². The molecule has 0 radical (unpaired) electrons. The first-order chi connectivity index (χ1) is 11.3. The summed E-state index contributed by atoms with van der Waals surface area (Å²) >= 11 is 6.34. The molecule has 0 bridgehead atoms. The van der Waals surface area contributed by atoms with Crippen LogP contribution >= 0.6 is 11.6 Å². The van der Waals surface area contributed by atoms with E-state index in [0.29, 0.717) is 5.02 Å². The lowest BCUT2D eigenvalue weighted by atomic mass is 10.3. The number of hydrogen-bond donors (Lipinski definition) is 0. The van der Waals surface area contributed by atoms with E-state index in [4.69, 9.17) is 21.6 Å². The van der Waals surface area contributed by atoms with Crippen molar-refractivity contribution in [3.05, 3.63) is 41.3 Å². The summed E-state index contributed by atoms with van der Waals surface area (Å²) in [6.07, 6.45) is 5.08. The second kappa shape index (κ2) is 5.81. The van der Waals surface area contributed by atoms with Crippen LogP contribution in [0.4, 0.5) is 5.82 Å². The summed E-state index contributed by atoms with van der Waals surface area (Å²) in [6, 6.07) is 7.70. The van der Waals surface area contributed by atoms with Crippen LogP contribution in [0.1, 0.15) is 25.6 Å². The van der Waals surface area contributed by atoms with Gasteiger partial charge in [-0.15, -0.1) is 0 Å². The molecule has 2 aromatic heterocycles. The molecule has 1 fully saturated rings. The number of halogens is 1. The van der Waals surface area contributed by atoms with Crippen molar-refractivity contribution >= 4 is 28.5 Å². The molecule has 1 aromatic carbocycles. The summed E-state index contributed by atoms with van der Waals surface area (Å²) in [4.78, 5) is 11.8. The number of anilines is 1. The van der Waals surface area contributed by atoms with Gasteiger partial charge in [0.15, 0.2) is 5.65 Å². The fraction of sp³-hybridized carbons (Fsp3) is 0.353. The van der Waals surface area contributed by atoms with Gasteiger partial charge in [0.05, 0.1) is 22.3 Å². The van der Waals surface area contributed by atoms with Gasteiger partial charge in [-0.1, -0.05) is 30.7 Å². The highest BCUT2D eigenvalue weighted by Gasteiger charge is 2.21. The molecule has 0 spiro atoms. The van der Waals surface area contributed by atoms with E-state index in [9.17, 15) is 0 Å². The monoisotopic (exact) mass is 327 g/mol. The molecule has 4 rings (SSSR count). The first-order valence-electron chi connectivity index (χ1n) is 8.02. The molecule has 1 saturated heterocycles. The lowest BCUT2D eigenvalue weighted by Crippen LogP contribution is -2.20. The highest BCUT2D eigenvalue weighted by Crippen LogP contribution is 2.29. The standard InChI is InChI=1S/C17H18ClN5/c1-2-15-20-16(22-9-5-6-10-22)12-11-19-23(17(12)21-15)14-8-4-3-7-13(14)18/h3-4,7-8,11H,2,5-6,9-10H2,1H3. The van der Waals surface area contributed by atoms with Crippen molar-refractivity contribution in [2.45, 2.75) is 26.2 Å². The summed E-state index contributed by atoms with van der Waals surface area (Å²) in [5.74, 6) is 1.84. The number of benzene rings is 1. The zero-order chi connectivity index (χ0) is 15.8. The van der Waals surface area contributed by atoms with Crippen molar-refractivity contribution in [3.63, 3.8) is 0 Å². The Kier molecular flexibility index (Phi) is 3.65. The smallest absolute Gasteiger partial charge is 0.168 e. The second-order valence-electron chi connectivity index (χ2n) is 5.76. The minimum Gasteiger partial charge on any atom is -0.356 e. The third-order valence-electron chi connectivity index (χ3n) is 4.26. The fourth-order valence-corrected chi connectivity index (χ4v) is 3.28. The summed E-state index contributed by atoms with van der Waals surface area (Å²) in [7, 11) is 0. The number of rotatable bonds is 3. The quantitative estimate of drug-likeness (QED) is 0.737. The number of aryl methyl sites for hydroxylation is 1. The Bertz CT molecular complexity index is 851. The average Bonchev–Trinajstić information content (AvgIpc) is 3.24. The molecule has 0 atom stereocenters. The van der Waals surface area contributed by atoms with Crippen LogP contribution in [0, 0.1) is 0 Å². The lowest BCUT2D eigenvalue weighted by Gasteiger charge is -2.18. The van der Waals surface area contributed by atoms with Gasteiger partial charge in [-0.05, 0) is 25.0 Å². The van der Waals surface area contributed by atoms with Crippen LogP contribution in [-0.2, 0) is 6.42 Å². The van der Waals surface area contributed by atoms with Gasteiger partial charge in [0.1, 0.15) is 11.6 Å². The van der Waals surface area contributed by atoms with Crippen LogP contribution in [0.3, 0.4) is 0 Å². The van der Waals surface area contributed by atoms with Gasteiger partial charge >= 0.3 is 0 Å². The fourth-order valence-electron chi connectivity index (χ4n) is 3.06. The second-order valence-corrected chi connectivity index (χ2v) is 6.16. The Balaban J connectivity index is 1.94. The SMILES string of the molecule is CCc1nc(N2CCCC2)c2cnn(-c3ccccc3Cl)c2n1. The van der Waals surface area contributed by atoms with Gasteiger partial charge in [0.2, 0.25) is 0 Å². The van der Waals surface area contributed by atoms with Gasteiger partial charge < -0.3 is 4.90 Å². The molecular weight excluding hydrogens is 310 g/mol. The van der Waals surface area contributed by atoms with E-state index in [2.05, 4.69) is 16.9 Å². The molecule has 0 N–H and O–H groups in total. The molecule has 23 heavy (non-hydrogen) atoms. The number of nitrogens with zero attached hydrogens (tertiary/aromatic N) is 5. The largest absolute Gasteiger partial charge is 0.356 e. The molecule has 0 aliphatic carbocycles. The van der Waals surface area contributed by atoms with E-state index in [1.165, 1.54) is 12.8 Å². The average molecular weight is 328 g/mol. The molecule has 118 valence electrons. The Morgan fingerprint density at radius 3 is 2.65 bits per heavy atom. The summed E-state index contributed by atoms with van der Waals surface area (Å²) < 4.78 is 1.82. The van der Waals surface area contributed by atoms with E-state index in [1.54, 1.807) is 0 Å². The predicted molar refractivity (Wildman–Crippen MR) is 92.5 cm³/mol. The minimum absolute atomic E-state index is 0.664. The van der Waals surface area contributed by atoms with Gasteiger partial charge in [-0.3, -0.25) is 0 Å². The third-order valence-corrected chi connectivity index (χ3v) is 4.58. The molecule has 0 unspecified atom stereocenters. The van der Waals surface area contributed by atoms with E-state index >= 15 is 0 Å². The van der Waals surface area contributed by atoms with Crippen LogP contribution in [-0.4, -0.2) is 32.8 Å². The molecule has 3 aromatic rings. The summed E-state index contributed by atoms with van der Waals surface area (Å²) in [6.45, 7) is 4.17. The number of aromatic nitrogens is 4. The van der Waals surface area contributed by atoms with Crippen molar-refractivity contribution in [3.8, 4) is 5.69 Å². The topological polar surface area (TPSA) is 46.8 Å². The Hall–Kier alpha value is -2.14. The summed E-state index contributed by atoms with van der Waals surface area (Å²) in [5, 5.41) is 6.19. The van der Waals surface area contributed by atoms with Crippen LogP contribution < -0.4 is 4.90 Å². The molecule has 0 amide bonds. The van der Waals surface area contributed by atoms with Crippen molar-refractivity contribution in [2.24, 2.45) is 0 Å². The molecule has 5 nitrogen and oxygen atoms in total. The molecule has 3 heterocycles. The Morgan fingerprint density at radius 2 is 1.91 bits per heavy atom. The van der Waals surface area contributed by atoms with Gasteiger partial charge in [0, 0.05) is 19.5 Å². The molecular formula is C17H18ClN5. The Labute approximate surface area is 139 Å². The molecule has 1 aliphatic heterocycles. The van der Waals surface area contributed by atoms with Crippen molar-refractivity contribution in [2.75, 3.05) is 18.0 Å². The normalized spacial score (nSPS) is 14.8. The van der Waals surface area contributed by atoms with Gasteiger partial charge in [-0.25, -0.2) is 14.6 Å².